The Morgan fingerprint density at radius 2 is 1.67 bits per heavy atom. The van der Waals surface area contributed by atoms with Crippen LogP contribution in [0.2, 0.25) is 5.02 Å². The lowest BCUT2D eigenvalue weighted by molar-refractivity contribution is -0.115. The highest BCUT2D eigenvalue weighted by Crippen LogP contribution is 2.24. The van der Waals surface area contributed by atoms with E-state index in [1.165, 1.54) is 11.3 Å². The van der Waals surface area contributed by atoms with Gasteiger partial charge in [0.05, 0.1) is 18.2 Å². The molecule has 3 rings (SSSR count). The summed E-state index contributed by atoms with van der Waals surface area (Å²) in [6, 6.07) is 18.7. The Morgan fingerprint density at radius 3 is 2.33 bits per heavy atom. The minimum atomic E-state index is -0.567. The maximum atomic E-state index is 12.4. The first-order chi connectivity index (χ1) is 13.0. The Labute approximate surface area is 166 Å². The molecule has 27 heavy (non-hydrogen) atoms. The van der Waals surface area contributed by atoms with Crippen LogP contribution in [0.4, 0.5) is 5.00 Å². The van der Waals surface area contributed by atoms with E-state index in [2.05, 4.69) is 10.6 Å². The van der Waals surface area contributed by atoms with Crippen molar-refractivity contribution in [1.82, 2.24) is 5.32 Å². The Bertz CT molecular complexity index is 926. The van der Waals surface area contributed by atoms with Crippen molar-refractivity contribution < 1.29 is 9.59 Å². The van der Waals surface area contributed by atoms with E-state index in [1.54, 1.807) is 11.4 Å². The molecule has 0 saturated heterocycles. The predicted molar refractivity (Wildman–Crippen MR) is 109 cm³/mol. The fourth-order valence-electron chi connectivity index (χ4n) is 2.69. The van der Waals surface area contributed by atoms with Crippen molar-refractivity contribution in [2.45, 2.75) is 6.04 Å². The van der Waals surface area contributed by atoms with Crippen LogP contribution in [-0.2, 0) is 4.79 Å². The van der Waals surface area contributed by atoms with Crippen LogP contribution < -0.4 is 16.4 Å². The van der Waals surface area contributed by atoms with E-state index in [4.69, 9.17) is 17.3 Å². The van der Waals surface area contributed by atoms with Gasteiger partial charge in [-0.1, -0.05) is 54.1 Å². The number of hydrogen-bond acceptors (Lipinski definition) is 4. The van der Waals surface area contributed by atoms with Gasteiger partial charge in [-0.25, -0.2) is 0 Å². The van der Waals surface area contributed by atoms with Crippen LogP contribution in [0.25, 0.3) is 0 Å². The van der Waals surface area contributed by atoms with Gasteiger partial charge in [-0.15, -0.1) is 11.3 Å². The summed E-state index contributed by atoms with van der Waals surface area (Å²) in [6.45, 7) is 0.0677. The largest absolute Gasteiger partial charge is 0.366 e. The second kappa shape index (κ2) is 8.81. The monoisotopic (exact) mass is 399 g/mol. The van der Waals surface area contributed by atoms with Gasteiger partial charge in [-0.3, -0.25) is 14.9 Å². The number of primary amides is 1. The zero-order chi connectivity index (χ0) is 19.2. The zero-order valence-corrected chi connectivity index (χ0v) is 15.9. The molecule has 4 N–H and O–H groups in total. The molecule has 2 amide bonds. The van der Waals surface area contributed by atoms with Crippen molar-refractivity contribution >= 4 is 39.8 Å². The summed E-state index contributed by atoms with van der Waals surface area (Å²) in [7, 11) is 0. The number of amides is 2. The molecule has 1 atom stereocenters. The molecule has 2 aromatic carbocycles. The fraction of sp³-hybridized carbons (Fsp3) is 0.100. The quantitative estimate of drug-likeness (QED) is 0.564. The minimum Gasteiger partial charge on any atom is -0.366 e. The summed E-state index contributed by atoms with van der Waals surface area (Å²) in [5, 5.41) is 8.82. The highest BCUT2D eigenvalue weighted by Gasteiger charge is 2.17. The predicted octanol–water partition coefficient (Wildman–Crippen LogP) is 3.82. The first-order valence-electron chi connectivity index (χ1n) is 8.25. The van der Waals surface area contributed by atoms with Crippen LogP contribution in [-0.4, -0.2) is 18.4 Å². The Kier molecular flexibility index (Phi) is 6.24. The number of nitrogens with one attached hydrogen (secondary N) is 2. The Hall–Kier alpha value is -2.67. The number of carbonyl (C=O) groups is 2. The molecule has 0 spiro atoms. The summed E-state index contributed by atoms with van der Waals surface area (Å²) >= 11 is 7.25. The van der Waals surface area contributed by atoms with Crippen molar-refractivity contribution in [3.8, 4) is 0 Å². The minimum absolute atomic E-state index is 0.0677. The second-order valence-electron chi connectivity index (χ2n) is 5.85. The van der Waals surface area contributed by atoms with E-state index >= 15 is 0 Å². The average molecular weight is 400 g/mol. The maximum absolute atomic E-state index is 12.4. The molecule has 0 saturated carbocycles. The summed E-state index contributed by atoms with van der Waals surface area (Å²) in [5.41, 5.74) is 7.64. The standard InChI is InChI=1S/C20H18ClN3O2S/c21-15-8-6-14(7-9-15)18(13-4-2-1-3-5-13)23-12-17(25)24-20-16(19(22)26)10-11-27-20/h1-11,18,23H,12H2,(H2,22,26)(H,24,25)/t18-/m0/s1. The van der Waals surface area contributed by atoms with E-state index in [1.807, 2.05) is 54.6 Å². The molecule has 1 heterocycles. The van der Waals surface area contributed by atoms with Crippen LogP contribution in [0.5, 0.6) is 0 Å². The number of anilines is 1. The maximum Gasteiger partial charge on any atom is 0.251 e. The average Bonchev–Trinajstić information content (AvgIpc) is 3.12. The molecule has 0 bridgehead atoms. The van der Waals surface area contributed by atoms with Crippen molar-refractivity contribution in [1.29, 1.82) is 0 Å². The SMILES string of the molecule is NC(=O)c1ccsc1NC(=O)CN[C@@H](c1ccccc1)c1ccc(Cl)cc1. The lowest BCUT2D eigenvalue weighted by Gasteiger charge is -2.20. The highest BCUT2D eigenvalue weighted by atomic mass is 35.5. The number of rotatable bonds is 7. The molecule has 1 aromatic heterocycles. The molecule has 0 radical (unpaired) electrons. The Morgan fingerprint density at radius 1 is 1.00 bits per heavy atom. The lowest BCUT2D eigenvalue weighted by Crippen LogP contribution is -2.32. The molecule has 0 aliphatic carbocycles. The van der Waals surface area contributed by atoms with Gasteiger partial charge >= 0.3 is 0 Å². The molecule has 0 aliphatic heterocycles. The third kappa shape index (κ3) is 4.95. The van der Waals surface area contributed by atoms with E-state index < -0.39 is 5.91 Å². The van der Waals surface area contributed by atoms with Gasteiger partial charge in [0.1, 0.15) is 5.00 Å². The van der Waals surface area contributed by atoms with Crippen LogP contribution in [0.3, 0.4) is 0 Å². The summed E-state index contributed by atoms with van der Waals surface area (Å²) in [5.74, 6) is -0.822. The molecule has 7 heteroatoms. The third-order valence-corrected chi connectivity index (χ3v) is 5.07. The van der Waals surface area contributed by atoms with Crippen LogP contribution in [0, 0.1) is 0 Å². The molecular weight excluding hydrogens is 382 g/mol. The number of halogens is 1. The van der Waals surface area contributed by atoms with Gasteiger partial charge in [-0.05, 0) is 34.7 Å². The number of nitrogens with two attached hydrogens (primary N) is 1. The molecule has 138 valence electrons. The zero-order valence-electron chi connectivity index (χ0n) is 14.3. The normalized spacial score (nSPS) is 11.7. The number of benzene rings is 2. The van der Waals surface area contributed by atoms with E-state index in [0.717, 1.165) is 11.1 Å². The summed E-state index contributed by atoms with van der Waals surface area (Å²) in [6.07, 6.45) is 0. The van der Waals surface area contributed by atoms with Crippen molar-refractivity contribution in [2.75, 3.05) is 11.9 Å². The topological polar surface area (TPSA) is 84.2 Å². The first kappa shape index (κ1) is 19.1. The molecule has 0 aliphatic rings. The van der Waals surface area contributed by atoms with Gasteiger partial charge in [0, 0.05) is 5.02 Å². The fourth-order valence-corrected chi connectivity index (χ4v) is 3.63. The van der Waals surface area contributed by atoms with Gasteiger partial charge in [0.2, 0.25) is 5.91 Å². The highest BCUT2D eigenvalue weighted by molar-refractivity contribution is 7.14. The van der Waals surface area contributed by atoms with Crippen LogP contribution >= 0.6 is 22.9 Å². The van der Waals surface area contributed by atoms with Crippen molar-refractivity contribution in [2.24, 2.45) is 5.73 Å². The van der Waals surface area contributed by atoms with E-state index in [9.17, 15) is 9.59 Å². The van der Waals surface area contributed by atoms with Gasteiger partial charge in [-0.2, -0.15) is 0 Å². The lowest BCUT2D eigenvalue weighted by atomic mass is 9.99. The molecule has 5 nitrogen and oxygen atoms in total. The smallest absolute Gasteiger partial charge is 0.251 e. The summed E-state index contributed by atoms with van der Waals surface area (Å²) in [4.78, 5) is 23.7. The van der Waals surface area contributed by atoms with E-state index in [0.29, 0.717) is 15.6 Å². The second-order valence-corrected chi connectivity index (χ2v) is 7.20. The van der Waals surface area contributed by atoms with E-state index in [-0.39, 0.29) is 18.5 Å². The number of hydrogen-bond donors (Lipinski definition) is 3. The van der Waals surface area contributed by atoms with Gasteiger partial charge < -0.3 is 11.1 Å². The Balaban J connectivity index is 1.73. The number of carbonyl (C=O) groups excluding carboxylic acids is 2. The third-order valence-electron chi connectivity index (χ3n) is 3.99. The van der Waals surface area contributed by atoms with Gasteiger partial charge in [0.15, 0.2) is 0 Å². The molecular formula is C20H18ClN3O2S. The van der Waals surface area contributed by atoms with Crippen LogP contribution in [0.1, 0.15) is 27.5 Å². The first-order valence-corrected chi connectivity index (χ1v) is 9.51. The van der Waals surface area contributed by atoms with Gasteiger partial charge in [0.25, 0.3) is 5.91 Å². The summed E-state index contributed by atoms with van der Waals surface area (Å²) < 4.78 is 0. The molecule has 0 unspecified atom stereocenters. The van der Waals surface area contributed by atoms with Crippen molar-refractivity contribution in [3.63, 3.8) is 0 Å². The van der Waals surface area contributed by atoms with Crippen molar-refractivity contribution in [3.05, 3.63) is 87.8 Å². The molecule has 3 aromatic rings. The molecule has 0 fully saturated rings. The van der Waals surface area contributed by atoms with Crippen LogP contribution in [0.15, 0.2) is 66.0 Å². The number of thiophene rings is 1.